The standard InChI is InChI=1S/C30H29N3O2/c1-20-9-11-22(3)27(15-20)32-30(34)24(18-31)17-25-19-33(28-8-6-5-7-26(25)28)13-14-35-29-16-21(2)10-12-23(29)4/h5-12,15-17,19H,13-14H2,1-4H3,(H,32,34)/b24-17+. The van der Waals surface area contributed by atoms with Gasteiger partial charge in [-0.05, 0) is 74.2 Å². The predicted molar refractivity (Wildman–Crippen MR) is 141 cm³/mol. The van der Waals surface area contributed by atoms with Crippen LogP contribution in [0.5, 0.6) is 5.75 Å². The number of nitrogens with zero attached hydrogens (tertiary/aromatic N) is 2. The fraction of sp³-hybridized carbons (Fsp3) is 0.200. The number of nitrogens with one attached hydrogen (secondary N) is 1. The van der Waals surface area contributed by atoms with Gasteiger partial charge in [0.15, 0.2) is 0 Å². The van der Waals surface area contributed by atoms with Crippen LogP contribution in [0, 0.1) is 39.0 Å². The lowest BCUT2D eigenvalue weighted by Crippen LogP contribution is -2.14. The van der Waals surface area contributed by atoms with E-state index in [1.165, 1.54) is 0 Å². The zero-order valence-electron chi connectivity index (χ0n) is 20.6. The van der Waals surface area contributed by atoms with Crippen LogP contribution in [0.4, 0.5) is 5.69 Å². The van der Waals surface area contributed by atoms with Crippen molar-refractivity contribution in [2.45, 2.75) is 34.2 Å². The molecule has 0 radical (unpaired) electrons. The van der Waals surface area contributed by atoms with Crippen LogP contribution in [-0.2, 0) is 11.3 Å². The first-order valence-corrected chi connectivity index (χ1v) is 11.6. The molecule has 5 nitrogen and oxygen atoms in total. The van der Waals surface area contributed by atoms with E-state index in [1.807, 2.05) is 82.4 Å². The molecular formula is C30H29N3O2. The summed E-state index contributed by atoms with van der Waals surface area (Å²) in [5, 5.41) is 13.6. The minimum absolute atomic E-state index is 0.0560. The molecule has 1 N–H and O–H groups in total. The monoisotopic (exact) mass is 463 g/mol. The lowest BCUT2D eigenvalue weighted by molar-refractivity contribution is -0.112. The van der Waals surface area contributed by atoms with Gasteiger partial charge in [0.25, 0.3) is 5.91 Å². The number of nitriles is 1. The molecule has 1 heterocycles. The van der Waals surface area contributed by atoms with E-state index in [4.69, 9.17) is 4.74 Å². The van der Waals surface area contributed by atoms with Gasteiger partial charge in [-0.1, -0.05) is 42.5 Å². The van der Waals surface area contributed by atoms with Gasteiger partial charge in [-0.2, -0.15) is 5.26 Å². The van der Waals surface area contributed by atoms with Gasteiger partial charge < -0.3 is 14.6 Å². The summed E-state index contributed by atoms with van der Waals surface area (Å²) in [5.74, 6) is 0.466. The molecule has 0 atom stereocenters. The molecule has 4 rings (SSSR count). The molecule has 3 aromatic carbocycles. The maximum Gasteiger partial charge on any atom is 0.266 e. The number of ether oxygens (including phenoxy) is 1. The van der Waals surface area contributed by atoms with Crippen LogP contribution in [0.2, 0.25) is 0 Å². The molecule has 1 aromatic heterocycles. The summed E-state index contributed by atoms with van der Waals surface area (Å²) in [4.78, 5) is 12.9. The van der Waals surface area contributed by atoms with Crippen LogP contribution in [0.15, 0.2) is 72.4 Å². The first-order chi connectivity index (χ1) is 16.9. The van der Waals surface area contributed by atoms with E-state index in [1.54, 1.807) is 6.08 Å². The third-order valence-corrected chi connectivity index (χ3v) is 6.06. The number of amides is 1. The quantitative estimate of drug-likeness (QED) is 0.251. The molecule has 0 saturated heterocycles. The summed E-state index contributed by atoms with van der Waals surface area (Å²) in [7, 11) is 0. The van der Waals surface area contributed by atoms with Crippen LogP contribution in [0.3, 0.4) is 0 Å². The lowest BCUT2D eigenvalue weighted by atomic mass is 10.1. The molecule has 0 saturated carbocycles. The van der Waals surface area contributed by atoms with Crippen molar-refractivity contribution in [3.63, 3.8) is 0 Å². The van der Waals surface area contributed by atoms with Gasteiger partial charge >= 0.3 is 0 Å². The first kappa shape index (κ1) is 23.8. The van der Waals surface area contributed by atoms with Gasteiger partial charge in [-0.15, -0.1) is 0 Å². The second kappa shape index (κ2) is 10.3. The molecule has 1 amide bonds. The Labute approximate surface area is 206 Å². The highest BCUT2D eigenvalue weighted by Gasteiger charge is 2.14. The molecule has 4 aromatic rings. The van der Waals surface area contributed by atoms with Crippen molar-refractivity contribution in [2.75, 3.05) is 11.9 Å². The lowest BCUT2D eigenvalue weighted by Gasteiger charge is -2.11. The summed E-state index contributed by atoms with van der Waals surface area (Å²) in [5.41, 5.74) is 6.86. The van der Waals surface area contributed by atoms with Crippen LogP contribution < -0.4 is 10.1 Å². The second-order valence-corrected chi connectivity index (χ2v) is 8.85. The maximum atomic E-state index is 12.9. The summed E-state index contributed by atoms with van der Waals surface area (Å²) in [6.45, 7) is 9.12. The van der Waals surface area contributed by atoms with Crippen molar-refractivity contribution < 1.29 is 9.53 Å². The van der Waals surface area contributed by atoms with Crippen LogP contribution in [0.25, 0.3) is 17.0 Å². The molecule has 0 spiro atoms. The SMILES string of the molecule is Cc1ccc(C)c(NC(=O)/C(C#N)=C/c2cn(CCOc3cc(C)ccc3C)c3ccccc23)c1. The minimum atomic E-state index is -0.420. The van der Waals surface area contributed by atoms with Crippen molar-refractivity contribution in [2.24, 2.45) is 0 Å². The number of anilines is 1. The maximum absolute atomic E-state index is 12.9. The molecule has 0 aliphatic rings. The first-order valence-electron chi connectivity index (χ1n) is 11.6. The molecule has 0 bridgehead atoms. The Morgan fingerprint density at radius 1 is 1.00 bits per heavy atom. The Morgan fingerprint density at radius 3 is 2.49 bits per heavy atom. The van der Waals surface area contributed by atoms with Gasteiger partial charge in [0, 0.05) is 28.4 Å². The van der Waals surface area contributed by atoms with Crippen molar-refractivity contribution in [1.82, 2.24) is 4.57 Å². The number of benzene rings is 3. The predicted octanol–water partition coefficient (Wildman–Crippen LogP) is 6.50. The Bertz CT molecular complexity index is 1470. The van der Waals surface area contributed by atoms with Crippen molar-refractivity contribution in [1.29, 1.82) is 5.26 Å². The van der Waals surface area contributed by atoms with Crippen LogP contribution in [0.1, 0.15) is 27.8 Å². The average molecular weight is 464 g/mol. The molecule has 0 fully saturated rings. The minimum Gasteiger partial charge on any atom is -0.491 e. The molecule has 0 aliphatic heterocycles. The third-order valence-electron chi connectivity index (χ3n) is 6.06. The van der Waals surface area contributed by atoms with Crippen molar-refractivity contribution in [3.8, 4) is 11.8 Å². The number of para-hydroxylation sites is 1. The van der Waals surface area contributed by atoms with Crippen LogP contribution >= 0.6 is 0 Å². The number of carbonyl (C=O) groups excluding carboxylic acids is 1. The summed E-state index contributed by atoms with van der Waals surface area (Å²) < 4.78 is 8.16. The molecule has 35 heavy (non-hydrogen) atoms. The molecule has 176 valence electrons. The van der Waals surface area contributed by atoms with E-state index in [2.05, 4.69) is 28.1 Å². The van der Waals surface area contributed by atoms with Crippen molar-refractivity contribution in [3.05, 3.63) is 100 Å². The Kier molecular flexibility index (Phi) is 7.03. The van der Waals surface area contributed by atoms with E-state index in [9.17, 15) is 10.1 Å². The number of aryl methyl sites for hydroxylation is 4. The highest BCUT2D eigenvalue weighted by molar-refractivity contribution is 6.11. The van der Waals surface area contributed by atoms with E-state index in [0.29, 0.717) is 18.8 Å². The summed E-state index contributed by atoms with van der Waals surface area (Å²) in [6, 6.07) is 22.1. The number of rotatable bonds is 7. The average Bonchev–Trinajstić information content (AvgIpc) is 3.19. The molecule has 0 aliphatic carbocycles. The number of carbonyl (C=O) groups is 1. The Hall–Kier alpha value is -4.30. The Balaban J connectivity index is 1.58. The van der Waals surface area contributed by atoms with Gasteiger partial charge in [0.05, 0.1) is 6.54 Å². The zero-order chi connectivity index (χ0) is 24.9. The molecule has 0 unspecified atom stereocenters. The molecular weight excluding hydrogens is 434 g/mol. The summed E-state index contributed by atoms with van der Waals surface area (Å²) in [6.07, 6.45) is 3.63. The highest BCUT2D eigenvalue weighted by Crippen LogP contribution is 2.25. The summed E-state index contributed by atoms with van der Waals surface area (Å²) >= 11 is 0. The second-order valence-electron chi connectivity index (χ2n) is 8.85. The fourth-order valence-corrected chi connectivity index (χ4v) is 4.06. The normalized spacial score (nSPS) is 11.3. The zero-order valence-corrected chi connectivity index (χ0v) is 20.6. The fourth-order valence-electron chi connectivity index (χ4n) is 4.06. The molecule has 5 heteroatoms. The van der Waals surface area contributed by atoms with Crippen LogP contribution in [-0.4, -0.2) is 17.1 Å². The Morgan fingerprint density at radius 2 is 1.71 bits per heavy atom. The highest BCUT2D eigenvalue weighted by atomic mass is 16.5. The van der Waals surface area contributed by atoms with E-state index < -0.39 is 5.91 Å². The van der Waals surface area contributed by atoms with E-state index >= 15 is 0 Å². The van der Waals surface area contributed by atoms with Gasteiger partial charge in [0.2, 0.25) is 0 Å². The number of fused-ring (bicyclic) bond motifs is 1. The van der Waals surface area contributed by atoms with E-state index in [-0.39, 0.29) is 5.57 Å². The third kappa shape index (κ3) is 5.44. The van der Waals surface area contributed by atoms with Gasteiger partial charge in [0.1, 0.15) is 24.0 Å². The number of hydrogen-bond donors (Lipinski definition) is 1. The number of aromatic nitrogens is 1. The van der Waals surface area contributed by atoms with E-state index in [0.717, 1.165) is 44.5 Å². The van der Waals surface area contributed by atoms with Crippen molar-refractivity contribution >= 4 is 28.6 Å². The topological polar surface area (TPSA) is 67.0 Å². The smallest absolute Gasteiger partial charge is 0.266 e. The van der Waals surface area contributed by atoms with Gasteiger partial charge in [-0.3, -0.25) is 4.79 Å². The number of hydrogen-bond acceptors (Lipinski definition) is 3. The van der Waals surface area contributed by atoms with Gasteiger partial charge in [-0.25, -0.2) is 0 Å². The largest absolute Gasteiger partial charge is 0.491 e.